The van der Waals surface area contributed by atoms with Crippen molar-refractivity contribution in [2.45, 2.75) is 27.2 Å². The Morgan fingerprint density at radius 1 is 1.62 bits per heavy atom. The zero-order valence-corrected chi connectivity index (χ0v) is 6.07. The third kappa shape index (κ3) is 3.91. The van der Waals surface area contributed by atoms with E-state index in [0.29, 0.717) is 5.92 Å². The van der Waals surface area contributed by atoms with Crippen molar-refractivity contribution in [2.24, 2.45) is 5.92 Å². The first-order chi connectivity index (χ1) is 3.66. The minimum atomic E-state index is 0.678. The molecule has 0 aliphatic heterocycles. The fraction of sp³-hybridized carbons (Fsp3) is 0.625. The van der Waals surface area contributed by atoms with E-state index in [1.807, 2.05) is 0 Å². The van der Waals surface area contributed by atoms with Crippen molar-refractivity contribution in [1.82, 2.24) is 0 Å². The van der Waals surface area contributed by atoms with E-state index in [2.05, 4.69) is 33.8 Å². The normalized spacial score (nSPS) is 12.9. The van der Waals surface area contributed by atoms with E-state index in [1.54, 1.807) is 0 Å². The van der Waals surface area contributed by atoms with Crippen LogP contribution in [0.4, 0.5) is 0 Å². The van der Waals surface area contributed by atoms with E-state index < -0.39 is 0 Å². The second-order valence-electron chi connectivity index (χ2n) is 2.51. The Morgan fingerprint density at radius 2 is 2.12 bits per heavy atom. The Morgan fingerprint density at radius 3 is 2.25 bits per heavy atom. The quantitative estimate of drug-likeness (QED) is 0.481. The maximum atomic E-state index is 3.77. The number of allylic oxidation sites excluding steroid dienone is 2. The van der Waals surface area contributed by atoms with E-state index >= 15 is 0 Å². The molecule has 0 aromatic heterocycles. The average molecular weight is 111 g/mol. The second-order valence-corrected chi connectivity index (χ2v) is 2.51. The highest BCUT2D eigenvalue weighted by molar-refractivity contribution is 4.99. The van der Waals surface area contributed by atoms with Crippen LogP contribution in [0.25, 0.3) is 0 Å². The van der Waals surface area contributed by atoms with Crippen LogP contribution in [0.5, 0.6) is 0 Å². The molecule has 0 saturated heterocycles. The highest BCUT2D eigenvalue weighted by atomic mass is 13.9. The van der Waals surface area contributed by atoms with Gasteiger partial charge in [0, 0.05) is 0 Å². The SMILES string of the molecule is [CH2]C/C(C)=C/C(C)C. The first-order valence-corrected chi connectivity index (χ1v) is 3.13. The largest absolute Gasteiger partial charge is 0.0830 e. The molecule has 0 heteroatoms. The summed E-state index contributed by atoms with van der Waals surface area (Å²) >= 11 is 0. The highest BCUT2D eigenvalue weighted by Gasteiger charge is 1.86. The summed E-state index contributed by atoms with van der Waals surface area (Å²) in [5.41, 5.74) is 1.39. The zero-order valence-electron chi connectivity index (χ0n) is 6.07. The first kappa shape index (κ1) is 7.74. The molecule has 0 fully saturated rings. The van der Waals surface area contributed by atoms with Crippen LogP contribution in [0.1, 0.15) is 27.2 Å². The molecular formula is C8H15. The fourth-order valence-electron chi connectivity index (χ4n) is 0.652. The number of rotatable bonds is 2. The topological polar surface area (TPSA) is 0 Å². The van der Waals surface area contributed by atoms with Crippen molar-refractivity contribution in [1.29, 1.82) is 0 Å². The lowest BCUT2D eigenvalue weighted by Gasteiger charge is -1.96. The Kier molecular flexibility index (Phi) is 3.59. The van der Waals surface area contributed by atoms with Crippen LogP contribution >= 0.6 is 0 Å². The van der Waals surface area contributed by atoms with Gasteiger partial charge in [0.15, 0.2) is 0 Å². The van der Waals surface area contributed by atoms with Crippen LogP contribution in [0.15, 0.2) is 11.6 Å². The van der Waals surface area contributed by atoms with Gasteiger partial charge in [0.2, 0.25) is 0 Å². The van der Waals surface area contributed by atoms with E-state index in [1.165, 1.54) is 5.57 Å². The van der Waals surface area contributed by atoms with Gasteiger partial charge in [-0.2, -0.15) is 0 Å². The second kappa shape index (κ2) is 3.71. The van der Waals surface area contributed by atoms with Crippen LogP contribution in [0, 0.1) is 12.8 Å². The van der Waals surface area contributed by atoms with Gasteiger partial charge in [0.25, 0.3) is 0 Å². The smallest absolute Gasteiger partial charge is 0.0288 e. The van der Waals surface area contributed by atoms with Gasteiger partial charge < -0.3 is 0 Å². The van der Waals surface area contributed by atoms with Crippen LogP contribution in [-0.4, -0.2) is 0 Å². The van der Waals surface area contributed by atoms with Gasteiger partial charge in [-0.15, -0.1) is 0 Å². The first-order valence-electron chi connectivity index (χ1n) is 3.13. The van der Waals surface area contributed by atoms with Gasteiger partial charge in [0.05, 0.1) is 0 Å². The zero-order chi connectivity index (χ0) is 6.57. The summed E-state index contributed by atoms with van der Waals surface area (Å²) < 4.78 is 0. The Bertz CT molecular complexity index is 78.0. The molecule has 0 aliphatic carbocycles. The molecule has 47 valence electrons. The third-order valence-electron chi connectivity index (χ3n) is 1.01. The Labute approximate surface area is 52.6 Å². The third-order valence-corrected chi connectivity index (χ3v) is 1.01. The van der Waals surface area contributed by atoms with Crippen LogP contribution in [0.2, 0.25) is 0 Å². The lowest BCUT2D eigenvalue weighted by Crippen LogP contribution is -1.80. The van der Waals surface area contributed by atoms with Crippen molar-refractivity contribution in [3.05, 3.63) is 18.6 Å². The average Bonchev–Trinajstić information content (AvgIpc) is 1.65. The maximum absolute atomic E-state index is 3.77. The molecule has 0 unspecified atom stereocenters. The standard InChI is InChI=1S/C8H15/c1-5-8(4)6-7(2)3/h6-7H,1,5H2,2-4H3/b8-6+. The van der Waals surface area contributed by atoms with E-state index in [0.717, 1.165) is 6.42 Å². The predicted molar refractivity (Wildman–Crippen MR) is 38.6 cm³/mol. The summed E-state index contributed by atoms with van der Waals surface area (Å²) in [6.07, 6.45) is 3.19. The lowest BCUT2D eigenvalue weighted by molar-refractivity contribution is 0.817. The molecule has 0 aromatic carbocycles. The molecule has 0 bridgehead atoms. The van der Waals surface area contributed by atoms with Crippen molar-refractivity contribution < 1.29 is 0 Å². The molecule has 0 nitrogen and oxygen atoms in total. The van der Waals surface area contributed by atoms with E-state index in [4.69, 9.17) is 0 Å². The Hall–Kier alpha value is -0.260. The molecule has 0 aliphatic rings. The molecular weight excluding hydrogens is 96.1 g/mol. The van der Waals surface area contributed by atoms with Crippen LogP contribution in [-0.2, 0) is 0 Å². The van der Waals surface area contributed by atoms with Gasteiger partial charge in [0.1, 0.15) is 0 Å². The summed E-state index contributed by atoms with van der Waals surface area (Å²) in [7, 11) is 0. The molecule has 0 saturated carbocycles. The molecule has 1 radical (unpaired) electrons. The number of hydrogen-bond acceptors (Lipinski definition) is 0. The highest BCUT2D eigenvalue weighted by Crippen LogP contribution is 2.03. The minimum Gasteiger partial charge on any atom is -0.0830 e. The van der Waals surface area contributed by atoms with Gasteiger partial charge in [-0.25, -0.2) is 0 Å². The maximum Gasteiger partial charge on any atom is -0.0288 e. The fourth-order valence-corrected chi connectivity index (χ4v) is 0.652. The summed E-state index contributed by atoms with van der Waals surface area (Å²) in [4.78, 5) is 0. The molecule has 8 heavy (non-hydrogen) atoms. The summed E-state index contributed by atoms with van der Waals surface area (Å²) in [6, 6.07) is 0. The number of hydrogen-bond donors (Lipinski definition) is 0. The van der Waals surface area contributed by atoms with Crippen LogP contribution < -0.4 is 0 Å². The van der Waals surface area contributed by atoms with Gasteiger partial charge >= 0.3 is 0 Å². The summed E-state index contributed by atoms with van der Waals surface area (Å²) in [5, 5.41) is 0. The molecule has 0 aromatic rings. The summed E-state index contributed by atoms with van der Waals surface area (Å²) in [5.74, 6) is 0.678. The van der Waals surface area contributed by atoms with E-state index in [9.17, 15) is 0 Å². The Balaban J connectivity index is 3.56. The van der Waals surface area contributed by atoms with Crippen molar-refractivity contribution in [2.75, 3.05) is 0 Å². The van der Waals surface area contributed by atoms with Gasteiger partial charge in [-0.1, -0.05) is 25.5 Å². The molecule has 0 spiro atoms. The molecule has 0 rings (SSSR count). The van der Waals surface area contributed by atoms with Gasteiger partial charge in [-0.3, -0.25) is 0 Å². The lowest BCUT2D eigenvalue weighted by atomic mass is 10.1. The molecule has 0 atom stereocenters. The molecule has 0 amide bonds. The minimum absolute atomic E-state index is 0.678. The predicted octanol–water partition coefficient (Wildman–Crippen LogP) is 2.81. The monoisotopic (exact) mass is 111 g/mol. The van der Waals surface area contributed by atoms with Crippen LogP contribution in [0.3, 0.4) is 0 Å². The van der Waals surface area contributed by atoms with Crippen molar-refractivity contribution in [3.8, 4) is 0 Å². The van der Waals surface area contributed by atoms with E-state index in [-0.39, 0.29) is 0 Å². The van der Waals surface area contributed by atoms with Gasteiger partial charge in [-0.05, 0) is 26.2 Å². The molecule has 0 heterocycles. The molecule has 0 N–H and O–H groups in total. The summed E-state index contributed by atoms with van der Waals surface area (Å²) in [6.45, 7) is 10.2. The van der Waals surface area contributed by atoms with Crippen molar-refractivity contribution in [3.63, 3.8) is 0 Å². The van der Waals surface area contributed by atoms with Crippen molar-refractivity contribution >= 4 is 0 Å².